The van der Waals surface area contributed by atoms with E-state index >= 15 is 0 Å². The van der Waals surface area contributed by atoms with Gasteiger partial charge in [0.05, 0.1) is 0 Å². The Balaban J connectivity index is 2.87. The molecule has 0 heteroatoms. The van der Waals surface area contributed by atoms with Crippen LogP contribution in [0.15, 0.2) is 24.3 Å². The molecule has 0 aromatic heterocycles. The lowest BCUT2D eigenvalue weighted by Crippen LogP contribution is -2.15. The molecule has 32 heavy (non-hydrogen) atoms. The Morgan fingerprint density at radius 2 is 0.531 bits per heavy atom. The molecule has 0 radical (unpaired) electrons. The zero-order valence-electron chi connectivity index (χ0n) is 23.4. The van der Waals surface area contributed by atoms with E-state index < -0.39 is 0 Å². The van der Waals surface area contributed by atoms with Crippen LogP contribution in [0, 0.1) is 0 Å². The van der Waals surface area contributed by atoms with Gasteiger partial charge in [0.1, 0.15) is 0 Å². The van der Waals surface area contributed by atoms with E-state index in [4.69, 9.17) is 0 Å². The molecule has 0 spiro atoms. The molecule has 0 nitrogen and oxygen atoms in total. The Kier molecular flexibility index (Phi) is 8.82. The van der Waals surface area contributed by atoms with Crippen LogP contribution >= 0.6 is 0 Å². The maximum atomic E-state index is 2.46. The summed E-state index contributed by atoms with van der Waals surface area (Å²) in [6, 6.07) is 9.77. The van der Waals surface area contributed by atoms with Crippen molar-refractivity contribution in [2.45, 2.75) is 131 Å². The summed E-state index contributed by atoms with van der Waals surface area (Å²) in [6.45, 7) is 30.8. The lowest BCUT2D eigenvalue weighted by Gasteiger charge is -2.31. The lowest BCUT2D eigenvalue weighted by atomic mass is 9.73. The second-order valence-electron chi connectivity index (χ2n) is 11.8. The first kappa shape index (κ1) is 26.7. The monoisotopic (exact) mass is 434 g/mol. The normalized spacial score (nSPS) is 12.6. The van der Waals surface area contributed by atoms with Crippen LogP contribution in [0.1, 0.15) is 176 Å². The highest BCUT2D eigenvalue weighted by Crippen LogP contribution is 2.44. The molecule has 178 valence electrons. The molecule has 2 aromatic carbocycles. The van der Waals surface area contributed by atoms with E-state index in [1.165, 1.54) is 22.3 Å². The fourth-order valence-corrected chi connectivity index (χ4v) is 5.85. The van der Waals surface area contributed by atoms with Crippen LogP contribution in [0.3, 0.4) is 0 Å². The van der Waals surface area contributed by atoms with Gasteiger partial charge in [0.2, 0.25) is 0 Å². The minimum Gasteiger partial charge on any atom is -0.0587 e. The summed E-state index contributed by atoms with van der Waals surface area (Å²) in [5, 5.41) is 0. The molecular weight excluding hydrogens is 384 g/mol. The van der Waals surface area contributed by atoms with E-state index in [-0.39, 0.29) is 0 Å². The summed E-state index contributed by atoms with van der Waals surface area (Å²) < 4.78 is 0. The molecule has 0 aliphatic carbocycles. The topological polar surface area (TPSA) is 0 Å². The summed E-state index contributed by atoms with van der Waals surface area (Å²) in [7, 11) is 0. The molecule has 0 atom stereocenters. The van der Waals surface area contributed by atoms with Gasteiger partial charge in [0.25, 0.3) is 0 Å². The summed E-state index contributed by atoms with van der Waals surface area (Å²) in [6.07, 6.45) is 0. The van der Waals surface area contributed by atoms with E-state index in [1.807, 2.05) is 0 Å². The smallest absolute Gasteiger partial charge is 0.00668 e. The first-order chi connectivity index (χ1) is 14.8. The molecule has 0 unspecified atom stereocenters. The molecule has 0 saturated heterocycles. The average Bonchev–Trinajstić information content (AvgIpc) is 2.70. The van der Waals surface area contributed by atoms with Gasteiger partial charge in [-0.3, -0.25) is 0 Å². The molecule has 2 rings (SSSR count). The molecule has 0 heterocycles. The first-order valence-electron chi connectivity index (χ1n) is 13.1. The van der Waals surface area contributed by atoms with Crippen LogP contribution in [0.25, 0.3) is 0 Å². The van der Waals surface area contributed by atoms with E-state index in [0.29, 0.717) is 41.4 Å². The van der Waals surface area contributed by atoms with Gasteiger partial charge in [-0.1, -0.05) is 114 Å². The third kappa shape index (κ3) is 5.16. The first-order valence-corrected chi connectivity index (χ1v) is 13.1. The van der Waals surface area contributed by atoms with Crippen molar-refractivity contribution in [3.05, 3.63) is 68.8 Å². The van der Waals surface area contributed by atoms with Crippen molar-refractivity contribution in [1.82, 2.24) is 0 Å². The second kappa shape index (κ2) is 10.6. The largest absolute Gasteiger partial charge is 0.0587 e. The second-order valence-corrected chi connectivity index (χ2v) is 11.8. The van der Waals surface area contributed by atoms with Crippen LogP contribution < -0.4 is 0 Å². The van der Waals surface area contributed by atoms with Gasteiger partial charge < -0.3 is 0 Å². The molecule has 0 N–H and O–H groups in total. The van der Waals surface area contributed by atoms with Crippen molar-refractivity contribution >= 4 is 0 Å². The molecule has 0 aliphatic rings. The van der Waals surface area contributed by atoms with Crippen molar-refractivity contribution in [2.75, 3.05) is 0 Å². The zero-order chi connectivity index (χ0) is 24.5. The summed E-state index contributed by atoms with van der Waals surface area (Å²) in [5.41, 5.74) is 12.5. The minimum absolute atomic E-state index is 0.391. The fraction of sp³-hybridized carbons (Fsp3) is 0.625. The molecule has 0 saturated carbocycles. The molecule has 0 bridgehead atoms. The van der Waals surface area contributed by atoms with Gasteiger partial charge in [-0.15, -0.1) is 0 Å². The standard InChI is InChI=1S/C32H50/c1-18(2)25-14-16-27(31(22(9)10)29(25)20(5)6)24(13)28-17-15-26(19(3)4)30(21(7)8)32(28)23(11)12/h14-24H,1-13H3. The Labute approximate surface area is 200 Å². The SMILES string of the molecule is CC(C)c1ccc(C(C)c2ccc(C(C)C)c(C(C)C)c2C(C)C)c(C(C)C)c1C(C)C. The van der Waals surface area contributed by atoms with E-state index in [1.54, 1.807) is 22.3 Å². The van der Waals surface area contributed by atoms with Gasteiger partial charge in [0, 0.05) is 5.92 Å². The van der Waals surface area contributed by atoms with Crippen LogP contribution in [0.5, 0.6) is 0 Å². The highest BCUT2D eigenvalue weighted by molar-refractivity contribution is 5.54. The minimum atomic E-state index is 0.391. The highest BCUT2D eigenvalue weighted by atomic mass is 14.3. The van der Waals surface area contributed by atoms with E-state index in [9.17, 15) is 0 Å². The Bertz CT molecular complexity index is 831. The van der Waals surface area contributed by atoms with E-state index in [2.05, 4.69) is 114 Å². The van der Waals surface area contributed by atoms with Crippen LogP contribution in [-0.4, -0.2) is 0 Å². The average molecular weight is 435 g/mol. The summed E-state index contributed by atoms with van der Waals surface area (Å²) in [4.78, 5) is 0. The highest BCUT2D eigenvalue weighted by Gasteiger charge is 2.27. The molecule has 0 amide bonds. The number of rotatable bonds is 8. The van der Waals surface area contributed by atoms with Gasteiger partial charge in [-0.25, -0.2) is 0 Å². The molecule has 2 aromatic rings. The Hall–Kier alpha value is -1.56. The molecular formula is C32H50. The Morgan fingerprint density at radius 1 is 0.312 bits per heavy atom. The van der Waals surface area contributed by atoms with Crippen LogP contribution in [0.2, 0.25) is 0 Å². The van der Waals surface area contributed by atoms with Gasteiger partial charge in [-0.05, 0) is 80.0 Å². The van der Waals surface area contributed by atoms with Crippen LogP contribution in [-0.2, 0) is 0 Å². The maximum Gasteiger partial charge on any atom is 0.00668 e. The fourth-order valence-electron chi connectivity index (χ4n) is 5.85. The zero-order valence-corrected chi connectivity index (χ0v) is 23.4. The summed E-state index contributed by atoms with van der Waals surface area (Å²) >= 11 is 0. The predicted molar refractivity (Wildman–Crippen MR) is 145 cm³/mol. The van der Waals surface area contributed by atoms with Crippen LogP contribution in [0.4, 0.5) is 0 Å². The van der Waals surface area contributed by atoms with Crippen molar-refractivity contribution in [3.63, 3.8) is 0 Å². The number of hydrogen-bond donors (Lipinski definition) is 0. The van der Waals surface area contributed by atoms with Gasteiger partial charge in [0.15, 0.2) is 0 Å². The third-order valence-electron chi connectivity index (χ3n) is 7.20. The quantitative estimate of drug-likeness (QED) is 0.387. The van der Waals surface area contributed by atoms with Crippen molar-refractivity contribution < 1.29 is 0 Å². The molecule has 0 fully saturated rings. The Morgan fingerprint density at radius 3 is 0.750 bits per heavy atom. The maximum absolute atomic E-state index is 2.46. The van der Waals surface area contributed by atoms with Crippen molar-refractivity contribution in [1.29, 1.82) is 0 Å². The lowest BCUT2D eigenvalue weighted by molar-refractivity contribution is 0.710. The molecule has 0 aliphatic heterocycles. The predicted octanol–water partition coefficient (Wildman–Crippen LogP) is 10.6. The number of hydrogen-bond acceptors (Lipinski definition) is 0. The van der Waals surface area contributed by atoms with Gasteiger partial charge in [-0.2, -0.15) is 0 Å². The van der Waals surface area contributed by atoms with Crippen molar-refractivity contribution in [2.24, 2.45) is 0 Å². The summed E-state index contributed by atoms with van der Waals surface area (Å²) in [5.74, 6) is 3.61. The number of benzene rings is 2. The third-order valence-corrected chi connectivity index (χ3v) is 7.20. The van der Waals surface area contributed by atoms with Crippen molar-refractivity contribution in [3.8, 4) is 0 Å². The van der Waals surface area contributed by atoms with E-state index in [0.717, 1.165) is 0 Å². The van der Waals surface area contributed by atoms with Gasteiger partial charge >= 0.3 is 0 Å².